The number of hydrogen-bond acceptors (Lipinski definition) is 6. The number of anilines is 1. The van der Waals surface area contributed by atoms with Crippen molar-refractivity contribution in [3.63, 3.8) is 0 Å². The molecule has 1 N–H and O–H groups in total. The lowest BCUT2D eigenvalue weighted by molar-refractivity contribution is -0.113. The van der Waals surface area contributed by atoms with E-state index in [0.29, 0.717) is 22.5 Å². The molecule has 0 unspecified atom stereocenters. The van der Waals surface area contributed by atoms with Crippen LogP contribution in [0.25, 0.3) is 11.6 Å². The number of rotatable bonds is 5. The zero-order valence-electron chi connectivity index (χ0n) is 12.1. The van der Waals surface area contributed by atoms with Crippen molar-refractivity contribution < 1.29 is 9.21 Å². The summed E-state index contributed by atoms with van der Waals surface area (Å²) in [5.41, 5.74) is 1.29. The molecule has 1 aromatic carbocycles. The lowest BCUT2D eigenvalue weighted by Crippen LogP contribution is -2.14. The minimum Gasteiger partial charge on any atom is -0.410 e. The van der Waals surface area contributed by atoms with Gasteiger partial charge < -0.3 is 9.73 Å². The quantitative estimate of drug-likeness (QED) is 0.558. The standard InChI is InChI=1S/C15H10Br2N4O2S/c16-9-4-5-10(17)12(7-9)19-13(22)8-24-15-21-20-14(23-15)11-3-1-2-6-18-11/h1-7H,8H2,(H,19,22). The van der Waals surface area contributed by atoms with Gasteiger partial charge in [0, 0.05) is 15.1 Å². The average Bonchev–Trinajstić information content (AvgIpc) is 3.06. The highest BCUT2D eigenvalue weighted by atomic mass is 79.9. The van der Waals surface area contributed by atoms with Gasteiger partial charge in [-0.1, -0.05) is 33.8 Å². The maximum Gasteiger partial charge on any atom is 0.277 e. The van der Waals surface area contributed by atoms with E-state index in [-0.39, 0.29) is 11.7 Å². The minimum atomic E-state index is -0.170. The molecule has 0 radical (unpaired) electrons. The fraction of sp³-hybridized carbons (Fsp3) is 0.0667. The topological polar surface area (TPSA) is 80.9 Å². The van der Waals surface area contributed by atoms with E-state index in [1.165, 1.54) is 11.8 Å². The number of aromatic nitrogens is 3. The number of amides is 1. The third-order valence-corrected chi connectivity index (χ3v) is 4.82. The molecule has 0 bridgehead atoms. The van der Waals surface area contributed by atoms with E-state index in [2.05, 4.69) is 52.4 Å². The zero-order valence-corrected chi connectivity index (χ0v) is 16.1. The number of nitrogens with zero attached hydrogens (tertiary/aromatic N) is 3. The number of carbonyl (C=O) groups is 1. The molecule has 6 nitrogen and oxygen atoms in total. The summed E-state index contributed by atoms with van der Waals surface area (Å²) in [6.07, 6.45) is 1.65. The number of thioether (sulfide) groups is 1. The Bertz CT molecular complexity index is 858. The van der Waals surface area contributed by atoms with Crippen molar-refractivity contribution in [2.45, 2.75) is 5.22 Å². The van der Waals surface area contributed by atoms with Gasteiger partial charge in [-0.15, -0.1) is 10.2 Å². The van der Waals surface area contributed by atoms with E-state index in [0.717, 1.165) is 8.95 Å². The summed E-state index contributed by atoms with van der Waals surface area (Å²) in [6.45, 7) is 0. The van der Waals surface area contributed by atoms with Crippen LogP contribution in [0.1, 0.15) is 0 Å². The lowest BCUT2D eigenvalue weighted by atomic mass is 10.3. The Morgan fingerprint density at radius 1 is 1.21 bits per heavy atom. The Morgan fingerprint density at radius 2 is 2.08 bits per heavy atom. The highest BCUT2D eigenvalue weighted by molar-refractivity contribution is 9.11. The third-order valence-electron chi connectivity index (χ3n) is 2.82. The van der Waals surface area contributed by atoms with Gasteiger partial charge in [-0.25, -0.2) is 0 Å². The number of pyridine rings is 1. The molecule has 0 saturated carbocycles. The van der Waals surface area contributed by atoms with Crippen molar-refractivity contribution in [1.29, 1.82) is 0 Å². The van der Waals surface area contributed by atoms with Crippen LogP contribution in [0.15, 0.2) is 61.2 Å². The zero-order chi connectivity index (χ0) is 16.9. The molecule has 2 aromatic heterocycles. The van der Waals surface area contributed by atoms with Crippen molar-refractivity contribution in [3.05, 3.63) is 51.5 Å². The predicted octanol–water partition coefficient (Wildman–Crippen LogP) is 4.39. The summed E-state index contributed by atoms with van der Waals surface area (Å²) < 4.78 is 7.18. The van der Waals surface area contributed by atoms with Crippen LogP contribution in [-0.2, 0) is 4.79 Å². The van der Waals surface area contributed by atoms with Gasteiger partial charge in [-0.05, 0) is 46.3 Å². The molecule has 0 fully saturated rings. The largest absolute Gasteiger partial charge is 0.410 e. The van der Waals surface area contributed by atoms with E-state index in [1.54, 1.807) is 18.3 Å². The predicted molar refractivity (Wildman–Crippen MR) is 98.7 cm³/mol. The molecular weight excluding hydrogens is 460 g/mol. The van der Waals surface area contributed by atoms with Gasteiger partial charge >= 0.3 is 0 Å². The molecule has 0 aliphatic rings. The molecule has 9 heteroatoms. The van der Waals surface area contributed by atoms with Crippen molar-refractivity contribution in [1.82, 2.24) is 15.2 Å². The van der Waals surface area contributed by atoms with Crippen molar-refractivity contribution in [3.8, 4) is 11.6 Å². The minimum absolute atomic E-state index is 0.156. The van der Waals surface area contributed by atoms with Gasteiger partial charge in [0.1, 0.15) is 5.69 Å². The van der Waals surface area contributed by atoms with Crippen molar-refractivity contribution >= 4 is 55.2 Å². The Morgan fingerprint density at radius 3 is 2.88 bits per heavy atom. The number of nitrogens with one attached hydrogen (secondary N) is 1. The normalized spacial score (nSPS) is 10.6. The molecule has 0 aliphatic carbocycles. The molecule has 1 amide bonds. The van der Waals surface area contributed by atoms with Crippen LogP contribution < -0.4 is 5.32 Å². The van der Waals surface area contributed by atoms with Crippen molar-refractivity contribution in [2.24, 2.45) is 0 Å². The Balaban J connectivity index is 1.59. The number of halogens is 2. The second-order valence-corrected chi connectivity index (χ2v) is 7.25. The maximum atomic E-state index is 12.1. The van der Waals surface area contributed by atoms with Crippen LogP contribution in [0.5, 0.6) is 0 Å². The summed E-state index contributed by atoms with van der Waals surface area (Å²) in [6, 6.07) is 11.0. The fourth-order valence-electron chi connectivity index (χ4n) is 1.77. The molecule has 0 spiro atoms. The Hall–Kier alpha value is -1.71. The SMILES string of the molecule is O=C(CSc1nnc(-c2ccccn2)o1)Nc1cc(Br)ccc1Br. The molecule has 2 heterocycles. The Labute approximate surface area is 158 Å². The van der Waals surface area contributed by atoms with Gasteiger partial charge in [-0.2, -0.15) is 0 Å². The summed E-state index contributed by atoms with van der Waals surface area (Å²) in [5.74, 6) is 0.313. The van der Waals surface area contributed by atoms with Gasteiger partial charge in [0.2, 0.25) is 5.91 Å². The van der Waals surface area contributed by atoms with E-state index in [1.807, 2.05) is 24.3 Å². The molecule has 0 atom stereocenters. The number of carbonyl (C=O) groups excluding carboxylic acids is 1. The maximum absolute atomic E-state index is 12.1. The third kappa shape index (κ3) is 4.43. The van der Waals surface area contributed by atoms with Gasteiger partial charge in [0.05, 0.1) is 11.4 Å². The van der Waals surface area contributed by atoms with Crippen LogP contribution in [0, 0.1) is 0 Å². The first-order valence-corrected chi connectivity index (χ1v) is 9.31. The van der Waals surface area contributed by atoms with Gasteiger partial charge in [-0.3, -0.25) is 9.78 Å². The number of hydrogen-bond donors (Lipinski definition) is 1. The van der Waals surface area contributed by atoms with Gasteiger partial charge in [0.15, 0.2) is 0 Å². The molecule has 0 saturated heterocycles. The molecule has 3 rings (SSSR count). The van der Waals surface area contributed by atoms with Gasteiger partial charge in [0.25, 0.3) is 11.1 Å². The van der Waals surface area contributed by atoms with Crippen molar-refractivity contribution in [2.75, 3.05) is 11.1 Å². The first kappa shape index (κ1) is 17.1. The first-order valence-electron chi connectivity index (χ1n) is 6.74. The first-order chi connectivity index (χ1) is 11.6. The molecule has 24 heavy (non-hydrogen) atoms. The van der Waals surface area contributed by atoms with Crippen LogP contribution >= 0.6 is 43.6 Å². The fourth-order valence-corrected chi connectivity index (χ4v) is 3.04. The van der Waals surface area contributed by atoms with Crippen LogP contribution in [-0.4, -0.2) is 26.8 Å². The second-order valence-electron chi connectivity index (χ2n) is 4.55. The van der Waals surface area contributed by atoms with Crippen LogP contribution in [0.4, 0.5) is 5.69 Å². The smallest absolute Gasteiger partial charge is 0.277 e. The summed E-state index contributed by atoms with van der Waals surface area (Å²) >= 11 is 7.93. The molecule has 3 aromatic rings. The Kier molecular flexibility index (Phi) is 5.64. The monoisotopic (exact) mass is 468 g/mol. The summed E-state index contributed by atoms with van der Waals surface area (Å²) in [4.78, 5) is 16.2. The summed E-state index contributed by atoms with van der Waals surface area (Å²) in [7, 11) is 0. The highest BCUT2D eigenvalue weighted by Gasteiger charge is 2.12. The lowest BCUT2D eigenvalue weighted by Gasteiger charge is -2.06. The van der Waals surface area contributed by atoms with E-state index in [9.17, 15) is 4.79 Å². The van der Waals surface area contributed by atoms with Crippen LogP contribution in [0.2, 0.25) is 0 Å². The molecule has 0 aliphatic heterocycles. The van der Waals surface area contributed by atoms with E-state index >= 15 is 0 Å². The highest BCUT2D eigenvalue weighted by Crippen LogP contribution is 2.27. The second kappa shape index (κ2) is 7.91. The average molecular weight is 470 g/mol. The van der Waals surface area contributed by atoms with E-state index < -0.39 is 0 Å². The number of benzene rings is 1. The molecule has 122 valence electrons. The summed E-state index contributed by atoms with van der Waals surface area (Å²) in [5, 5.41) is 11.0. The molecular formula is C15H10Br2N4O2S. The van der Waals surface area contributed by atoms with E-state index in [4.69, 9.17) is 4.42 Å². The van der Waals surface area contributed by atoms with Crippen LogP contribution in [0.3, 0.4) is 0 Å².